The molecule has 1 N–H and O–H groups in total. The normalized spacial score (nSPS) is 14.0. The van der Waals surface area contributed by atoms with Crippen LogP contribution in [0.3, 0.4) is 0 Å². The van der Waals surface area contributed by atoms with Crippen LogP contribution >= 0.6 is 15.9 Å². The molecule has 15 heavy (non-hydrogen) atoms. The zero-order chi connectivity index (χ0) is 11.6. The average molecular weight is 274 g/mol. The maximum atomic E-state index is 13.7. The number of benzene rings is 1. The number of rotatable bonds is 2. The van der Waals surface area contributed by atoms with Crippen LogP contribution in [0.5, 0.6) is 0 Å². The van der Waals surface area contributed by atoms with Gasteiger partial charge >= 0.3 is 0 Å². The highest BCUT2D eigenvalue weighted by Crippen LogP contribution is 2.37. The van der Waals surface area contributed by atoms with Gasteiger partial charge < -0.3 is 5.32 Å². The average Bonchev–Trinajstić information content (AvgIpc) is 2.09. The van der Waals surface area contributed by atoms with Gasteiger partial charge in [0.25, 0.3) is 0 Å². The van der Waals surface area contributed by atoms with Crippen molar-refractivity contribution >= 4 is 15.9 Å². The van der Waals surface area contributed by atoms with E-state index >= 15 is 0 Å². The van der Waals surface area contributed by atoms with E-state index in [2.05, 4.69) is 42.0 Å². The Morgan fingerprint density at radius 3 is 2.33 bits per heavy atom. The molecule has 0 amide bonds. The Morgan fingerprint density at radius 2 is 1.93 bits per heavy atom. The molecule has 1 unspecified atom stereocenters. The van der Waals surface area contributed by atoms with Crippen LogP contribution in [0.25, 0.3) is 0 Å². The van der Waals surface area contributed by atoms with E-state index in [0.29, 0.717) is 5.56 Å². The van der Waals surface area contributed by atoms with Crippen LogP contribution in [0, 0.1) is 11.2 Å². The van der Waals surface area contributed by atoms with Gasteiger partial charge in [0.05, 0.1) is 0 Å². The van der Waals surface area contributed by atoms with E-state index in [1.165, 1.54) is 6.07 Å². The van der Waals surface area contributed by atoms with Crippen molar-refractivity contribution in [2.24, 2.45) is 5.41 Å². The minimum Gasteiger partial charge on any atom is -0.312 e. The van der Waals surface area contributed by atoms with Crippen LogP contribution in [0.4, 0.5) is 4.39 Å². The highest BCUT2D eigenvalue weighted by atomic mass is 79.9. The Morgan fingerprint density at radius 1 is 1.33 bits per heavy atom. The van der Waals surface area contributed by atoms with E-state index in [0.717, 1.165) is 4.47 Å². The van der Waals surface area contributed by atoms with Gasteiger partial charge in [-0.15, -0.1) is 0 Å². The first-order chi connectivity index (χ1) is 6.88. The van der Waals surface area contributed by atoms with E-state index in [9.17, 15) is 4.39 Å². The lowest BCUT2D eigenvalue weighted by Crippen LogP contribution is -2.30. The minimum atomic E-state index is -0.168. The third kappa shape index (κ3) is 2.79. The topological polar surface area (TPSA) is 12.0 Å². The first kappa shape index (κ1) is 12.7. The lowest BCUT2D eigenvalue weighted by atomic mass is 9.82. The lowest BCUT2D eigenvalue weighted by molar-refractivity contribution is 0.279. The summed E-state index contributed by atoms with van der Waals surface area (Å²) in [6.45, 7) is 6.27. The standard InChI is InChI=1S/C12H17BrFN/c1-12(2,3)11(15-4)10-8(13)6-5-7-9(10)14/h5-7,11,15H,1-4H3. The number of halogens is 2. The molecule has 3 heteroatoms. The monoisotopic (exact) mass is 273 g/mol. The summed E-state index contributed by atoms with van der Waals surface area (Å²) >= 11 is 3.40. The van der Waals surface area contributed by atoms with Gasteiger partial charge in [0.15, 0.2) is 0 Å². The van der Waals surface area contributed by atoms with Crippen molar-refractivity contribution < 1.29 is 4.39 Å². The van der Waals surface area contributed by atoms with Crippen LogP contribution in [0.15, 0.2) is 22.7 Å². The summed E-state index contributed by atoms with van der Waals surface area (Å²) in [4.78, 5) is 0. The van der Waals surface area contributed by atoms with Crippen molar-refractivity contribution in [3.05, 3.63) is 34.1 Å². The molecule has 0 heterocycles. The van der Waals surface area contributed by atoms with E-state index in [1.54, 1.807) is 6.07 Å². The van der Waals surface area contributed by atoms with Crippen molar-refractivity contribution in [3.63, 3.8) is 0 Å². The van der Waals surface area contributed by atoms with Gasteiger partial charge in [-0.25, -0.2) is 4.39 Å². The molecule has 1 aromatic rings. The molecule has 1 rings (SSSR count). The summed E-state index contributed by atoms with van der Waals surface area (Å²) < 4.78 is 14.6. The van der Waals surface area contributed by atoms with E-state index in [-0.39, 0.29) is 17.3 Å². The Labute approximate surface area is 99.2 Å². The van der Waals surface area contributed by atoms with E-state index < -0.39 is 0 Å². The highest BCUT2D eigenvalue weighted by Gasteiger charge is 2.28. The predicted octanol–water partition coefficient (Wildman–Crippen LogP) is 3.89. The molecule has 0 aliphatic carbocycles. The zero-order valence-corrected chi connectivity index (χ0v) is 11.2. The van der Waals surface area contributed by atoms with Crippen LogP contribution in [0.2, 0.25) is 0 Å². The van der Waals surface area contributed by atoms with Gasteiger partial charge in [0.1, 0.15) is 5.82 Å². The van der Waals surface area contributed by atoms with E-state index in [1.807, 2.05) is 13.1 Å². The summed E-state index contributed by atoms with van der Waals surface area (Å²) in [6.07, 6.45) is 0. The largest absolute Gasteiger partial charge is 0.312 e. The molecule has 0 aliphatic heterocycles. The molecule has 0 aliphatic rings. The van der Waals surface area contributed by atoms with Crippen LogP contribution in [0.1, 0.15) is 32.4 Å². The van der Waals surface area contributed by atoms with E-state index in [4.69, 9.17) is 0 Å². The summed E-state index contributed by atoms with van der Waals surface area (Å²) in [6, 6.07) is 5.07. The molecule has 0 fully saturated rings. The van der Waals surface area contributed by atoms with Crippen molar-refractivity contribution in [2.75, 3.05) is 7.05 Å². The van der Waals surface area contributed by atoms with Crippen molar-refractivity contribution in [1.82, 2.24) is 5.32 Å². The second-order valence-corrected chi connectivity index (χ2v) is 5.58. The smallest absolute Gasteiger partial charge is 0.129 e. The summed E-state index contributed by atoms with van der Waals surface area (Å²) in [7, 11) is 1.86. The summed E-state index contributed by atoms with van der Waals surface area (Å²) in [5.74, 6) is -0.168. The van der Waals surface area contributed by atoms with Gasteiger partial charge in [-0.1, -0.05) is 42.8 Å². The molecule has 0 radical (unpaired) electrons. The van der Waals surface area contributed by atoms with Crippen molar-refractivity contribution in [1.29, 1.82) is 0 Å². The third-order valence-corrected chi connectivity index (χ3v) is 3.13. The summed E-state index contributed by atoms with van der Waals surface area (Å²) in [5, 5.41) is 3.17. The third-order valence-electron chi connectivity index (χ3n) is 2.44. The zero-order valence-electron chi connectivity index (χ0n) is 9.57. The molecule has 1 atom stereocenters. The molecule has 0 saturated heterocycles. The Balaban J connectivity index is 3.24. The van der Waals surface area contributed by atoms with Gasteiger partial charge in [0, 0.05) is 16.1 Å². The van der Waals surface area contributed by atoms with Crippen LogP contribution in [-0.4, -0.2) is 7.05 Å². The van der Waals surface area contributed by atoms with Gasteiger partial charge in [-0.2, -0.15) is 0 Å². The van der Waals surface area contributed by atoms with Crippen LogP contribution in [-0.2, 0) is 0 Å². The minimum absolute atomic E-state index is 0.00641. The maximum Gasteiger partial charge on any atom is 0.129 e. The lowest BCUT2D eigenvalue weighted by Gasteiger charge is -2.31. The van der Waals surface area contributed by atoms with Crippen molar-refractivity contribution in [2.45, 2.75) is 26.8 Å². The molecule has 0 saturated carbocycles. The quantitative estimate of drug-likeness (QED) is 0.862. The van der Waals surface area contributed by atoms with Gasteiger partial charge in [-0.3, -0.25) is 0 Å². The fraction of sp³-hybridized carbons (Fsp3) is 0.500. The maximum absolute atomic E-state index is 13.7. The molecule has 0 aromatic heterocycles. The molecule has 0 bridgehead atoms. The molecular formula is C12H17BrFN. The molecule has 84 valence electrons. The molecule has 1 aromatic carbocycles. The van der Waals surface area contributed by atoms with Crippen LogP contribution < -0.4 is 5.32 Å². The first-order valence-electron chi connectivity index (χ1n) is 4.99. The number of hydrogen-bond acceptors (Lipinski definition) is 1. The second-order valence-electron chi connectivity index (χ2n) is 4.72. The molecule has 1 nitrogen and oxygen atoms in total. The molecule has 0 spiro atoms. The highest BCUT2D eigenvalue weighted by molar-refractivity contribution is 9.10. The summed E-state index contributed by atoms with van der Waals surface area (Å²) in [5.41, 5.74) is 0.673. The second kappa shape index (κ2) is 4.62. The Bertz CT molecular complexity index is 324. The Kier molecular flexibility index (Phi) is 3.90. The van der Waals surface area contributed by atoms with Gasteiger partial charge in [0.2, 0.25) is 0 Å². The fourth-order valence-corrected chi connectivity index (χ4v) is 2.37. The fourth-order valence-electron chi connectivity index (χ4n) is 1.80. The predicted molar refractivity (Wildman–Crippen MR) is 65.4 cm³/mol. The SMILES string of the molecule is CNC(c1c(F)cccc1Br)C(C)(C)C. The molecular weight excluding hydrogens is 257 g/mol. The number of nitrogens with one attached hydrogen (secondary N) is 1. The van der Waals surface area contributed by atoms with Crippen molar-refractivity contribution in [3.8, 4) is 0 Å². The first-order valence-corrected chi connectivity index (χ1v) is 5.78. The van der Waals surface area contributed by atoms with Gasteiger partial charge in [-0.05, 0) is 24.6 Å². The number of hydrogen-bond donors (Lipinski definition) is 1. The Hall–Kier alpha value is -0.410.